The van der Waals surface area contributed by atoms with Crippen LogP contribution < -0.4 is 4.74 Å². The van der Waals surface area contributed by atoms with Gasteiger partial charge in [-0.3, -0.25) is 4.90 Å². The topological polar surface area (TPSA) is 49.9 Å². The fourth-order valence-corrected chi connectivity index (χ4v) is 5.05. The molecule has 0 unspecified atom stereocenters. The first-order chi connectivity index (χ1) is 12.3. The number of ether oxygens (including phenoxy) is 1. The van der Waals surface area contributed by atoms with Gasteiger partial charge in [0, 0.05) is 37.6 Å². The van der Waals surface area contributed by atoms with E-state index in [1.807, 2.05) is 17.5 Å². The smallest absolute Gasteiger partial charge is 0.404 e. The molecule has 1 aromatic heterocycles. The second-order valence-electron chi connectivity index (χ2n) is 5.75. The summed E-state index contributed by atoms with van der Waals surface area (Å²) in [5.41, 5.74) is 0. The van der Waals surface area contributed by atoms with Crippen molar-refractivity contribution in [3.8, 4) is 5.75 Å². The zero-order valence-electron chi connectivity index (χ0n) is 13.6. The molecule has 142 valence electrons. The van der Waals surface area contributed by atoms with E-state index < -0.39 is 27.0 Å². The Hall–Kier alpha value is -1.62. The second kappa shape index (κ2) is 7.55. The molecule has 1 aliphatic rings. The van der Waals surface area contributed by atoms with E-state index in [9.17, 15) is 21.6 Å². The first kappa shape index (κ1) is 19.2. The third-order valence-electron chi connectivity index (χ3n) is 3.98. The molecule has 0 N–H and O–H groups in total. The van der Waals surface area contributed by atoms with Crippen LogP contribution in [-0.4, -0.2) is 50.2 Å². The minimum atomic E-state index is -4.95. The van der Waals surface area contributed by atoms with E-state index in [2.05, 4.69) is 9.64 Å². The van der Waals surface area contributed by atoms with Crippen LogP contribution in [0.1, 0.15) is 4.88 Å². The van der Waals surface area contributed by atoms with Crippen LogP contribution in [-0.2, 0) is 16.6 Å². The van der Waals surface area contributed by atoms with Crippen LogP contribution >= 0.6 is 11.3 Å². The molecule has 1 aromatic carbocycles. The number of rotatable bonds is 5. The summed E-state index contributed by atoms with van der Waals surface area (Å²) < 4.78 is 68.3. The lowest BCUT2D eigenvalue weighted by atomic mass is 10.3. The molecule has 0 radical (unpaired) electrons. The molecular formula is C16H17F3N2O3S2. The highest BCUT2D eigenvalue weighted by molar-refractivity contribution is 7.89. The molecule has 0 spiro atoms. The van der Waals surface area contributed by atoms with Gasteiger partial charge in [0.25, 0.3) is 0 Å². The predicted octanol–water partition coefficient (Wildman–Crippen LogP) is 3.15. The van der Waals surface area contributed by atoms with Gasteiger partial charge in [0.1, 0.15) is 10.6 Å². The molecule has 1 fully saturated rings. The van der Waals surface area contributed by atoms with Gasteiger partial charge in [-0.15, -0.1) is 24.5 Å². The highest BCUT2D eigenvalue weighted by Crippen LogP contribution is 2.31. The number of halogens is 3. The largest absolute Gasteiger partial charge is 0.573 e. The highest BCUT2D eigenvalue weighted by atomic mass is 32.2. The summed E-state index contributed by atoms with van der Waals surface area (Å²) in [6.45, 7) is 2.19. The molecule has 0 amide bonds. The Morgan fingerprint density at radius 1 is 1.04 bits per heavy atom. The van der Waals surface area contributed by atoms with Gasteiger partial charge in [0.05, 0.1) is 0 Å². The molecule has 0 atom stereocenters. The first-order valence-electron chi connectivity index (χ1n) is 7.85. The molecule has 5 nitrogen and oxygen atoms in total. The Labute approximate surface area is 153 Å². The van der Waals surface area contributed by atoms with Gasteiger partial charge < -0.3 is 4.74 Å². The Kier molecular flexibility index (Phi) is 5.56. The van der Waals surface area contributed by atoms with Crippen LogP contribution in [0.2, 0.25) is 0 Å². The van der Waals surface area contributed by atoms with Crippen molar-refractivity contribution in [3.05, 3.63) is 46.7 Å². The van der Waals surface area contributed by atoms with Crippen LogP contribution in [0.25, 0.3) is 0 Å². The van der Waals surface area contributed by atoms with Gasteiger partial charge in [-0.2, -0.15) is 4.31 Å². The monoisotopic (exact) mass is 406 g/mol. The lowest BCUT2D eigenvalue weighted by Crippen LogP contribution is -2.48. The van der Waals surface area contributed by atoms with Gasteiger partial charge in [-0.05, 0) is 23.6 Å². The van der Waals surface area contributed by atoms with E-state index in [1.165, 1.54) is 21.3 Å². The molecule has 0 bridgehead atoms. The Morgan fingerprint density at radius 3 is 2.35 bits per heavy atom. The molecule has 2 heterocycles. The predicted molar refractivity (Wildman–Crippen MR) is 91.5 cm³/mol. The maximum absolute atomic E-state index is 12.8. The van der Waals surface area contributed by atoms with Crippen molar-refractivity contribution in [2.75, 3.05) is 26.2 Å². The van der Waals surface area contributed by atoms with Crippen LogP contribution in [0.4, 0.5) is 13.2 Å². The average Bonchev–Trinajstić information content (AvgIpc) is 3.07. The van der Waals surface area contributed by atoms with Gasteiger partial charge in [0.2, 0.25) is 10.0 Å². The summed E-state index contributed by atoms with van der Waals surface area (Å²) in [7, 11) is -4.07. The number of alkyl halides is 3. The Balaban J connectivity index is 1.72. The van der Waals surface area contributed by atoms with Crippen molar-refractivity contribution in [2.24, 2.45) is 0 Å². The van der Waals surface area contributed by atoms with Gasteiger partial charge in [-0.1, -0.05) is 18.2 Å². The summed E-state index contributed by atoms with van der Waals surface area (Å²) in [5, 5.41) is 1.98. The fraction of sp³-hybridized carbons (Fsp3) is 0.375. The van der Waals surface area contributed by atoms with E-state index in [0.717, 1.165) is 18.7 Å². The zero-order valence-corrected chi connectivity index (χ0v) is 15.3. The van der Waals surface area contributed by atoms with Crippen molar-refractivity contribution in [2.45, 2.75) is 17.8 Å². The normalized spacial score (nSPS) is 17.3. The van der Waals surface area contributed by atoms with Crippen LogP contribution in [0, 0.1) is 0 Å². The quantitative estimate of drug-likeness (QED) is 0.766. The maximum Gasteiger partial charge on any atom is 0.573 e. The average molecular weight is 406 g/mol. The molecule has 0 aliphatic carbocycles. The number of thiophene rings is 1. The number of nitrogens with zero attached hydrogens (tertiary/aromatic N) is 2. The maximum atomic E-state index is 12.8. The Morgan fingerprint density at radius 2 is 1.73 bits per heavy atom. The highest BCUT2D eigenvalue weighted by Gasteiger charge is 2.36. The summed E-state index contributed by atoms with van der Waals surface area (Å²) in [5.74, 6) is -0.707. The molecule has 2 aromatic rings. The number of hydrogen-bond donors (Lipinski definition) is 0. The minimum Gasteiger partial charge on any atom is -0.404 e. The molecule has 26 heavy (non-hydrogen) atoms. The number of hydrogen-bond acceptors (Lipinski definition) is 5. The number of piperazine rings is 1. The van der Waals surface area contributed by atoms with Crippen LogP contribution in [0.3, 0.4) is 0 Å². The Bertz CT molecular complexity index is 831. The number of benzene rings is 1. The zero-order chi connectivity index (χ0) is 18.8. The third-order valence-corrected chi connectivity index (χ3v) is 6.78. The van der Waals surface area contributed by atoms with Crippen molar-refractivity contribution in [1.29, 1.82) is 0 Å². The van der Waals surface area contributed by atoms with E-state index >= 15 is 0 Å². The fourth-order valence-electron chi connectivity index (χ4n) is 2.76. The number of para-hydroxylation sites is 1. The second-order valence-corrected chi connectivity index (χ2v) is 8.69. The minimum absolute atomic E-state index is 0.216. The first-order valence-corrected chi connectivity index (χ1v) is 10.2. The summed E-state index contributed by atoms with van der Waals surface area (Å²) in [4.78, 5) is 2.84. The molecule has 1 aliphatic heterocycles. The van der Waals surface area contributed by atoms with E-state index in [-0.39, 0.29) is 13.1 Å². The standard InChI is InChI=1S/C16H17F3N2O3S2/c17-16(18,19)24-14-5-1-2-6-15(14)26(22,23)21-9-7-20(8-10-21)12-13-4-3-11-25-13/h1-6,11H,7-10,12H2. The molecule has 1 saturated heterocycles. The van der Waals surface area contributed by atoms with Crippen LogP contribution in [0.15, 0.2) is 46.7 Å². The summed E-state index contributed by atoms with van der Waals surface area (Å²) in [6.07, 6.45) is -4.95. The van der Waals surface area contributed by atoms with Crippen molar-refractivity contribution in [1.82, 2.24) is 9.21 Å². The van der Waals surface area contributed by atoms with E-state index in [0.29, 0.717) is 13.1 Å². The third kappa shape index (κ3) is 4.56. The lowest BCUT2D eigenvalue weighted by Gasteiger charge is -2.34. The molecule has 10 heteroatoms. The van der Waals surface area contributed by atoms with Crippen molar-refractivity contribution >= 4 is 21.4 Å². The summed E-state index contributed by atoms with van der Waals surface area (Å²) in [6, 6.07) is 8.79. The van der Waals surface area contributed by atoms with Crippen molar-refractivity contribution < 1.29 is 26.3 Å². The SMILES string of the molecule is O=S(=O)(c1ccccc1OC(F)(F)F)N1CCN(Cc2cccs2)CC1. The van der Waals surface area contributed by atoms with E-state index in [1.54, 1.807) is 11.3 Å². The molecule has 3 rings (SSSR count). The van der Waals surface area contributed by atoms with Gasteiger partial charge in [0.15, 0.2) is 0 Å². The summed E-state index contributed by atoms with van der Waals surface area (Å²) >= 11 is 1.63. The van der Waals surface area contributed by atoms with Crippen LogP contribution in [0.5, 0.6) is 5.75 Å². The van der Waals surface area contributed by atoms with Gasteiger partial charge in [-0.25, -0.2) is 8.42 Å². The lowest BCUT2D eigenvalue weighted by molar-refractivity contribution is -0.275. The van der Waals surface area contributed by atoms with Gasteiger partial charge >= 0.3 is 6.36 Å². The van der Waals surface area contributed by atoms with E-state index in [4.69, 9.17) is 0 Å². The molecule has 0 saturated carbocycles. The molecular weight excluding hydrogens is 389 g/mol. The number of sulfonamides is 1. The van der Waals surface area contributed by atoms with Crippen molar-refractivity contribution in [3.63, 3.8) is 0 Å².